The lowest BCUT2D eigenvalue weighted by Crippen LogP contribution is -2.73. The highest BCUT2D eigenvalue weighted by molar-refractivity contribution is 6.20. The molecule has 0 aliphatic carbocycles. The molecule has 2 aliphatic rings. The number of nitrogens with zero attached hydrogens (tertiary/aromatic N) is 5. The zero-order valence-electron chi connectivity index (χ0n) is 20.0. The minimum absolute atomic E-state index is 0.0395. The maximum atomic E-state index is 15.1. The average molecular weight is 501 g/mol. The zero-order chi connectivity index (χ0) is 26.3. The Bertz CT molecular complexity index is 1480. The Morgan fingerprint density at radius 1 is 0.946 bits per heavy atom. The second-order valence-electron chi connectivity index (χ2n) is 8.94. The maximum absolute atomic E-state index is 15.1. The normalized spacial score (nSPS) is 19.5. The van der Waals surface area contributed by atoms with Crippen molar-refractivity contribution < 1.29 is 23.2 Å². The fourth-order valence-electron chi connectivity index (χ4n) is 4.58. The molecule has 2 aliphatic heterocycles. The second-order valence-corrected chi connectivity index (χ2v) is 8.94. The first kappa shape index (κ1) is 24.1. The second kappa shape index (κ2) is 9.09. The lowest BCUT2D eigenvalue weighted by molar-refractivity contribution is -0.137. The number of aromatic nitrogens is 2. The third kappa shape index (κ3) is 4.18. The first-order valence-corrected chi connectivity index (χ1v) is 11.5. The first-order valence-electron chi connectivity index (χ1n) is 11.5. The van der Waals surface area contributed by atoms with Crippen molar-refractivity contribution in [1.29, 1.82) is 0 Å². The van der Waals surface area contributed by atoms with Crippen LogP contribution in [0.2, 0.25) is 0 Å². The van der Waals surface area contributed by atoms with Crippen molar-refractivity contribution in [2.75, 3.05) is 22.9 Å². The molecule has 4 amide bonds. The van der Waals surface area contributed by atoms with E-state index in [0.29, 0.717) is 22.1 Å². The van der Waals surface area contributed by atoms with Crippen LogP contribution >= 0.6 is 0 Å². The van der Waals surface area contributed by atoms with Gasteiger partial charge in [-0.25, -0.2) is 28.4 Å². The number of anilines is 2. The quantitative estimate of drug-likeness (QED) is 0.503. The van der Waals surface area contributed by atoms with Gasteiger partial charge in [-0.05, 0) is 44.2 Å². The van der Waals surface area contributed by atoms with Gasteiger partial charge >= 0.3 is 6.03 Å². The van der Waals surface area contributed by atoms with Gasteiger partial charge in [0.25, 0.3) is 5.91 Å². The smallest absolute Gasteiger partial charge is 0.307 e. The van der Waals surface area contributed by atoms with Crippen LogP contribution in [-0.2, 0) is 9.59 Å². The summed E-state index contributed by atoms with van der Waals surface area (Å²) in [6.45, 7) is 3.28. The fraction of sp³-hybridized carbons (Fsp3) is 0.222. The Balaban J connectivity index is 1.44. The van der Waals surface area contributed by atoms with E-state index in [1.54, 1.807) is 37.3 Å². The lowest BCUT2D eigenvalue weighted by Gasteiger charge is -2.51. The van der Waals surface area contributed by atoms with Crippen LogP contribution < -0.4 is 9.80 Å². The molecule has 0 N–H and O–H groups in total. The van der Waals surface area contributed by atoms with E-state index in [1.165, 1.54) is 22.9 Å². The molecule has 186 valence electrons. The summed E-state index contributed by atoms with van der Waals surface area (Å²) in [5.74, 6) is 2.70. The van der Waals surface area contributed by atoms with Crippen LogP contribution in [0.1, 0.15) is 30.3 Å². The van der Waals surface area contributed by atoms with E-state index in [1.807, 2.05) is 6.07 Å². The van der Waals surface area contributed by atoms with Crippen molar-refractivity contribution in [1.82, 2.24) is 14.9 Å². The van der Waals surface area contributed by atoms with Crippen LogP contribution in [0.4, 0.5) is 25.1 Å². The van der Waals surface area contributed by atoms with Gasteiger partial charge in [0.2, 0.25) is 5.91 Å². The molecule has 0 bridgehead atoms. The fourth-order valence-corrected chi connectivity index (χ4v) is 4.58. The van der Waals surface area contributed by atoms with E-state index in [9.17, 15) is 14.4 Å². The molecule has 2 fully saturated rings. The molecule has 3 aromatic rings. The van der Waals surface area contributed by atoms with Crippen molar-refractivity contribution in [3.8, 4) is 11.8 Å². The molecule has 2 saturated heterocycles. The molecule has 1 atom stereocenters. The maximum Gasteiger partial charge on any atom is 0.332 e. The molecular weight excluding hydrogens is 480 g/mol. The van der Waals surface area contributed by atoms with Crippen LogP contribution in [0.5, 0.6) is 0 Å². The Morgan fingerprint density at radius 3 is 2.30 bits per heavy atom. The minimum atomic E-state index is -1.53. The molecule has 3 heterocycles. The van der Waals surface area contributed by atoms with Crippen LogP contribution in [0.15, 0.2) is 54.7 Å². The number of carbonyl (C=O) groups is 3. The number of hydrogen-bond acceptors (Lipinski definition) is 5. The Labute approximate surface area is 211 Å². The first-order chi connectivity index (χ1) is 17.7. The third-order valence-electron chi connectivity index (χ3n) is 6.42. The van der Waals surface area contributed by atoms with Crippen molar-refractivity contribution in [3.63, 3.8) is 0 Å². The molecular formula is C27H21F2N5O3. The molecule has 0 unspecified atom stereocenters. The average Bonchev–Trinajstić information content (AvgIpc) is 2.86. The zero-order valence-corrected chi connectivity index (χ0v) is 20.0. The summed E-state index contributed by atoms with van der Waals surface area (Å²) in [4.78, 5) is 51.3. The van der Waals surface area contributed by atoms with Gasteiger partial charge in [0, 0.05) is 30.4 Å². The largest absolute Gasteiger partial charge is 0.332 e. The van der Waals surface area contributed by atoms with E-state index < -0.39 is 47.1 Å². The molecule has 10 heteroatoms. The molecule has 8 nitrogen and oxygen atoms in total. The van der Waals surface area contributed by atoms with Gasteiger partial charge in [-0.2, -0.15) is 0 Å². The van der Waals surface area contributed by atoms with E-state index in [2.05, 4.69) is 21.8 Å². The summed E-state index contributed by atoms with van der Waals surface area (Å²) in [7, 11) is 0. The number of piperazine rings is 1. The summed E-state index contributed by atoms with van der Waals surface area (Å²) in [6, 6.07) is 11.4. The predicted octanol–water partition coefficient (Wildman–Crippen LogP) is 3.43. The molecule has 0 saturated carbocycles. The summed E-state index contributed by atoms with van der Waals surface area (Å²) in [6.07, 6.45) is 1.06. The van der Waals surface area contributed by atoms with Crippen LogP contribution in [0.25, 0.3) is 0 Å². The Hall–Kier alpha value is -4.65. The monoisotopic (exact) mass is 501 g/mol. The summed E-state index contributed by atoms with van der Waals surface area (Å²) >= 11 is 0. The number of imide groups is 1. The van der Waals surface area contributed by atoms with Crippen LogP contribution in [0, 0.1) is 30.4 Å². The third-order valence-corrected chi connectivity index (χ3v) is 6.42. The van der Waals surface area contributed by atoms with Gasteiger partial charge in [-0.1, -0.05) is 30.0 Å². The standard InChI is InChI=1S/C27H21F2N5O3/c1-17-30-11-10-22(31-17)32-12-13-33-26(37)34(23(35)16-27(33,2)25(32)36)24-20(28)14-19(15-21(24)29)9-8-18-6-4-3-5-7-18/h3-7,10-11,14-15H,12-13,16H2,1-2H3/t27-/m0/s1. The number of carbonyl (C=O) groups excluding carboxylic acids is 3. The number of urea groups is 1. The van der Waals surface area contributed by atoms with Crippen molar-refractivity contribution >= 4 is 29.4 Å². The topological polar surface area (TPSA) is 86.7 Å². The number of amides is 4. The van der Waals surface area contributed by atoms with Gasteiger partial charge in [0.05, 0.1) is 6.42 Å². The van der Waals surface area contributed by atoms with Gasteiger partial charge in [0.1, 0.15) is 22.9 Å². The number of hydrogen-bond donors (Lipinski definition) is 0. The van der Waals surface area contributed by atoms with E-state index in [0.717, 1.165) is 12.1 Å². The number of benzene rings is 2. The van der Waals surface area contributed by atoms with Gasteiger partial charge in [0.15, 0.2) is 11.6 Å². The van der Waals surface area contributed by atoms with E-state index >= 15 is 8.78 Å². The highest BCUT2D eigenvalue weighted by Gasteiger charge is 2.56. The molecule has 0 radical (unpaired) electrons. The predicted molar refractivity (Wildman–Crippen MR) is 131 cm³/mol. The van der Waals surface area contributed by atoms with Gasteiger partial charge in [-0.3, -0.25) is 14.5 Å². The summed E-state index contributed by atoms with van der Waals surface area (Å²) < 4.78 is 30.2. The molecule has 0 spiro atoms. The number of fused-ring (bicyclic) bond motifs is 1. The number of rotatable bonds is 2. The molecule has 1 aromatic heterocycles. The highest BCUT2D eigenvalue weighted by Crippen LogP contribution is 2.37. The minimum Gasteiger partial charge on any atom is -0.307 e. The highest BCUT2D eigenvalue weighted by atomic mass is 19.1. The molecule has 5 rings (SSSR count). The van der Waals surface area contributed by atoms with Gasteiger partial charge in [-0.15, -0.1) is 0 Å². The Kier molecular flexibility index (Phi) is 5.91. The molecule has 2 aromatic carbocycles. The summed E-state index contributed by atoms with van der Waals surface area (Å²) in [5, 5.41) is 0. The number of aryl methyl sites for hydroxylation is 1. The van der Waals surface area contributed by atoms with Gasteiger partial charge < -0.3 is 4.90 Å². The van der Waals surface area contributed by atoms with Crippen molar-refractivity contribution in [2.24, 2.45) is 0 Å². The van der Waals surface area contributed by atoms with Crippen LogP contribution in [0.3, 0.4) is 0 Å². The van der Waals surface area contributed by atoms with Crippen LogP contribution in [-0.4, -0.2) is 51.3 Å². The van der Waals surface area contributed by atoms with E-state index in [4.69, 9.17) is 0 Å². The number of halogens is 2. The Morgan fingerprint density at radius 2 is 1.62 bits per heavy atom. The van der Waals surface area contributed by atoms with Crippen molar-refractivity contribution in [2.45, 2.75) is 25.8 Å². The van der Waals surface area contributed by atoms with Crippen molar-refractivity contribution in [3.05, 3.63) is 83.3 Å². The molecule has 37 heavy (non-hydrogen) atoms. The SMILES string of the molecule is Cc1nccc(N2CCN3C(=O)N(c4c(F)cc(C#Cc5ccccc5)cc4F)C(=O)C[C@@]3(C)C2=O)n1. The van der Waals surface area contributed by atoms with E-state index in [-0.39, 0.29) is 18.7 Å². The summed E-state index contributed by atoms with van der Waals surface area (Å²) in [5.41, 5.74) is -1.61. The lowest BCUT2D eigenvalue weighted by atomic mass is 9.88.